The van der Waals surface area contributed by atoms with Gasteiger partial charge in [0.1, 0.15) is 12.5 Å². The molecular weight excluding hydrogens is 424 g/mol. The molecule has 1 heterocycles. The second-order valence-corrected chi connectivity index (χ2v) is 6.37. The van der Waals surface area contributed by atoms with Crippen molar-refractivity contribution in [1.29, 1.82) is 0 Å². The van der Waals surface area contributed by atoms with Crippen molar-refractivity contribution in [2.75, 3.05) is 23.6 Å². The molecule has 0 spiro atoms. The molecule has 166 valence electrons. The van der Waals surface area contributed by atoms with E-state index in [1.807, 2.05) is 5.43 Å². The van der Waals surface area contributed by atoms with Crippen LogP contribution >= 0.6 is 0 Å². The van der Waals surface area contributed by atoms with Crippen LogP contribution in [0.1, 0.15) is 5.56 Å². The van der Waals surface area contributed by atoms with Crippen LogP contribution in [-0.2, 0) is 0 Å². The van der Waals surface area contributed by atoms with Crippen molar-refractivity contribution in [3.8, 4) is 11.5 Å². The minimum Gasteiger partial charge on any atom is -0.504 e. The zero-order chi connectivity index (χ0) is 22.6. The standard InChI is InChI=1S/C18H18F4N6O3/c19-16(20)18(21,22)8-31-14-6-1-10(7-13(14)29)15-24-9-28(27-15)12-4-2-11(3-5-12)25-17(30)26-23/h1-7,16,29H,8-9,23H2,(H,24,27)(H2,25,26,30). The van der Waals surface area contributed by atoms with E-state index < -0.39 is 30.7 Å². The van der Waals surface area contributed by atoms with Crippen LogP contribution in [0.25, 0.3) is 0 Å². The van der Waals surface area contributed by atoms with E-state index in [-0.39, 0.29) is 12.4 Å². The maximum atomic E-state index is 13.0. The van der Waals surface area contributed by atoms with Crippen LogP contribution in [0, 0.1) is 0 Å². The number of aliphatic imine (C=N–C) groups is 1. The number of nitrogens with zero attached hydrogens (tertiary/aromatic N) is 2. The molecule has 0 saturated carbocycles. The fourth-order valence-corrected chi connectivity index (χ4v) is 2.56. The minimum atomic E-state index is -4.33. The summed E-state index contributed by atoms with van der Waals surface area (Å²) in [7, 11) is 0. The Morgan fingerprint density at radius 1 is 1.29 bits per heavy atom. The fourth-order valence-electron chi connectivity index (χ4n) is 2.56. The minimum absolute atomic E-state index is 0.227. The van der Waals surface area contributed by atoms with Crippen molar-refractivity contribution in [1.82, 2.24) is 10.9 Å². The summed E-state index contributed by atoms with van der Waals surface area (Å²) in [6.45, 7) is -1.34. The lowest BCUT2D eigenvalue weighted by Gasteiger charge is -2.19. The number of carbonyl (C=O) groups excluding carboxylic acids is 1. The van der Waals surface area contributed by atoms with E-state index in [9.17, 15) is 27.5 Å². The van der Waals surface area contributed by atoms with Crippen molar-refractivity contribution in [3.05, 3.63) is 48.0 Å². The molecule has 9 nitrogen and oxygen atoms in total. The summed E-state index contributed by atoms with van der Waals surface area (Å²) in [5.41, 5.74) is 6.61. The number of hydrogen-bond donors (Lipinski definition) is 5. The second kappa shape index (κ2) is 8.95. The average Bonchev–Trinajstić information content (AvgIpc) is 3.23. The van der Waals surface area contributed by atoms with Crippen molar-refractivity contribution >= 4 is 23.2 Å². The molecule has 1 aliphatic rings. The summed E-state index contributed by atoms with van der Waals surface area (Å²) in [6, 6.07) is 10.00. The molecule has 13 heteroatoms. The van der Waals surface area contributed by atoms with Crippen molar-refractivity contribution < 1.29 is 32.2 Å². The topological polar surface area (TPSA) is 124 Å². The summed E-state index contributed by atoms with van der Waals surface area (Å²) in [5, 5.41) is 14.2. The van der Waals surface area contributed by atoms with Crippen LogP contribution in [0.3, 0.4) is 0 Å². The Labute approximate surface area is 173 Å². The number of hydrogen-bond acceptors (Lipinski definition) is 7. The van der Waals surface area contributed by atoms with E-state index in [4.69, 9.17) is 5.84 Å². The van der Waals surface area contributed by atoms with Gasteiger partial charge in [0, 0.05) is 11.3 Å². The zero-order valence-electron chi connectivity index (χ0n) is 15.8. The van der Waals surface area contributed by atoms with Gasteiger partial charge < -0.3 is 15.2 Å². The first kappa shape index (κ1) is 22.0. The lowest BCUT2D eigenvalue weighted by atomic mass is 10.2. The predicted octanol–water partition coefficient (Wildman–Crippen LogP) is 2.40. The number of amidine groups is 1. The third kappa shape index (κ3) is 5.25. The first-order chi connectivity index (χ1) is 14.7. The van der Waals surface area contributed by atoms with Gasteiger partial charge in [-0.3, -0.25) is 15.9 Å². The van der Waals surface area contributed by atoms with Gasteiger partial charge in [-0.15, -0.1) is 0 Å². The van der Waals surface area contributed by atoms with Gasteiger partial charge in [-0.2, -0.15) is 8.78 Å². The van der Waals surface area contributed by atoms with Crippen LogP contribution in [-0.4, -0.2) is 42.6 Å². The Kier molecular flexibility index (Phi) is 6.34. The van der Waals surface area contributed by atoms with Gasteiger partial charge in [0.05, 0.1) is 5.69 Å². The number of alkyl halides is 4. The number of ether oxygens (including phenoxy) is 1. The molecular formula is C18H18F4N6O3. The number of phenols is 1. The maximum absolute atomic E-state index is 13.0. The van der Waals surface area contributed by atoms with Gasteiger partial charge in [0.2, 0.25) is 0 Å². The molecule has 6 N–H and O–H groups in total. The Morgan fingerprint density at radius 3 is 2.61 bits per heavy atom. The molecule has 0 atom stereocenters. The molecule has 2 aromatic rings. The van der Waals surface area contributed by atoms with Gasteiger partial charge in [0.25, 0.3) is 0 Å². The third-order valence-electron chi connectivity index (χ3n) is 4.15. The van der Waals surface area contributed by atoms with Gasteiger partial charge in [-0.05, 0) is 42.5 Å². The second-order valence-electron chi connectivity index (χ2n) is 6.37. The number of nitrogens with two attached hydrogens (primary N) is 1. The Bertz CT molecular complexity index is 971. The zero-order valence-corrected chi connectivity index (χ0v) is 15.8. The molecule has 1 aliphatic heterocycles. The highest BCUT2D eigenvalue weighted by Crippen LogP contribution is 2.31. The van der Waals surface area contributed by atoms with Gasteiger partial charge in [0.15, 0.2) is 18.1 Å². The molecule has 31 heavy (non-hydrogen) atoms. The van der Waals surface area contributed by atoms with Crippen molar-refractivity contribution in [2.24, 2.45) is 10.8 Å². The van der Waals surface area contributed by atoms with Crippen molar-refractivity contribution in [3.63, 3.8) is 0 Å². The number of hydrazine groups is 2. The van der Waals surface area contributed by atoms with Crippen LogP contribution in [0.4, 0.5) is 33.7 Å². The number of benzene rings is 2. The number of halogens is 4. The van der Waals surface area contributed by atoms with Crippen LogP contribution < -0.4 is 31.8 Å². The summed E-state index contributed by atoms with van der Waals surface area (Å²) < 4.78 is 55.0. The fraction of sp³-hybridized carbons (Fsp3) is 0.222. The highest BCUT2D eigenvalue weighted by Gasteiger charge is 2.41. The highest BCUT2D eigenvalue weighted by molar-refractivity contribution is 6.01. The van der Waals surface area contributed by atoms with Gasteiger partial charge in [-0.1, -0.05) is 0 Å². The molecule has 0 bridgehead atoms. The monoisotopic (exact) mass is 442 g/mol. The number of amides is 2. The SMILES string of the molecule is NNC(=O)Nc1ccc(N2CN=C(c3ccc(OCC(F)(F)C(F)F)c(O)c3)N2)cc1. The molecule has 0 saturated heterocycles. The molecule has 2 amide bonds. The maximum Gasteiger partial charge on any atom is 0.340 e. The van der Waals surface area contributed by atoms with Crippen molar-refractivity contribution in [2.45, 2.75) is 12.3 Å². The number of carbonyl (C=O) groups is 1. The van der Waals surface area contributed by atoms with E-state index >= 15 is 0 Å². The summed E-state index contributed by atoms with van der Waals surface area (Å²) in [5.74, 6) is 0.193. The summed E-state index contributed by atoms with van der Waals surface area (Å²) in [4.78, 5) is 15.5. The number of urea groups is 1. The van der Waals surface area contributed by atoms with Gasteiger partial charge in [-0.25, -0.2) is 24.4 Å². The molecule has 0 radical (unpaired) electrons. The third-order valence-corrected chi connectivity index (χ3v) is 4.15. The molecule has 0 fully saturated rings. The van der Waals surface area contributed by atoms with E-state index in [2.05, 4.69) is 20.5 Å². The summed E-state index contributed by atoms with van der Waals surface area (Å²) >= 11 is 0. The first-order valence-corrected chi connectivity index (χ1v) is 8.78. The number of anilines is 2. The predicted molar refractivity (Wildman–Crippen MR) is 104 cm³/mol. The van der Waals surface area contributed by atoms with Crippen LogP contribution in [0.5, 0.6) is 11.5 Å². The lowest BCUT2D eigenvalue weighted by molar-refractivity contribution is -0.148. The Morgan fingerprint density at radius 2 is 2.00 bits per heavy atom. The molecule has 3 rings (SSSR count). The summed E-state index contributed by atoms with van der Waals surface area (Å²) in [6.07, 6.45) is -3.88. The van der Waals surface area contributed by atoms with E-state index in [0.717, 1.165) is 5.69 Å². The lowest BCUT2D eigenvalue weighted by Crippen LogP contribution is -2.36. The van der Waals surface area contributed by atoms with E-state index in [1.165, 1.54) is 18.2 Å². The largest absolute Gasteiger partial charge is 0.504 e. The molecule has 0 aliphatic carbocycles. The quantitative estimate of drug-likeness (QED) is 0.194. The number of nitrogens with one attached hydrogen (secondary N) is 3. The van der Waals surface area contributed by atoms with Gasteiger partial charge >= 0.3 is 18.4 Å². The van der Waals surface area contributed by atoms with Crippen LogP contribution in [0.15, 0.2) is 47.5 Å². The van der Waals surface area contributed by atoms with E-state index in [0.29, 0.717) is 17.1 Å². The smallest absolute Gasteiger partial charge is 0.340 e. The Hall–Kier alpha value is -3.74. The molecule has 2 aromatic carbocycles. The van der Waals surface area contributed by atoms with Crippen LogP contribution in [0.2, 0.25) is 0 Å². The normalized spacial score (nSPS) is 13.6. The highest BCUT2D eigenvalue weighted by atomic mass is 19.3. The first-order valence-electron chi connectivity index (χ1n) is 8.78. The number of aromatic hydroxyl groups is 1. The molecule has 0 unspecified atom stereocenters. The Balaban J connectivity index is 1.62. The van der Waals surface area contributed by atoms with E-state index in [1.54, 1.807) is 29.3 Å². The number of rotatable bonds is 7. The molecule has 0 aromatic heterocycles. The average molecular weight is 442 g/mol. The number of phenolic OH excluding ortho intramolecular Hbond substituents is 1.